The lowest BCUT2D eigenvalue weighted by Gasteiger charge is -2.29. The highest BCUT2D eigenvalue weighted by Crippen LogP contribution is 2.37. The third-order valence-corrected chi connectivity index (χ3v) is 7.98. The Morgan fingerprint density at radius 3 is 2.81 bits per heavy atom. The number of amides is 1. The lowest BCUT2D eigenvalue weighted by molar-refractivity contribution is -0.132. The predicted molar refractivity (Wildman–Crippen MR) is 152 cm³/mol. The van der Waals surface area contributed by atoms with Gasteiger partial charge in [-0.2, -0.15) is 0 Å². The van der Waals surface area contributed by atoms with Crippen molar-refractivity contribution in [3.63, 3.8) is 0 Å². The molecule has 1 aromatic carbocycles. The average Bonchev–Trinajstić information content (AvgIpc) is 3.51. The van der Waals surface area contributed by atoms with Crippen molar-refractivity contribution >= 4 is 18.0 Å². The summed E-state index contributed by atoms with van der Waals surface area (Å²) >= 11 is 0. The maximum absolute atomic E-state index is 13.6. The zero-order valence-corrected chi connectivity index (χ0v) is 23.5. The van der Waals surface area contributed by atoms with Gasteiger partial charge in [0.15, 0.2) is 0 Å². The summed E-state index contributed by atoms with van der Waals surface area (Å²) in [6.45, 7) is 9.28. The molecule has 3 heterocycles. The van der Waals surface area contributed by atoms with Gasteiger partial charge in [0.25, 0.3) is 0 Å². The first kappa shape index (κ1) is 27.8. The van der Waals surface area contributed by atoms with Crippen LogP contribution in [0.4, 0.5) is 0 Å². The van der Waals surface area contributed by atoms with Gasteiger partial charge in [-0.05, 0) is 76.4 Å². The zero-order chi connectivity index (χ0) is 26.2. The number of rotatable bonds is 13. The molecule has 0 saturated carbocycles. The second-order valence-electron chi connectivity index (χ2n) is 11.4. The molecule has 7 heteroatoms. The van der Waals surface area contributed by atoms with E-state index in [1.54, 1.807) is 0 Å². The zero-order valence-electron chi connectivity index (χ0n) is 23.5. The van der Waals surface area contributed by atoms with Crippen molar-refractivity contribution in [2.75, 3.05) is 53.4 Å². The number of unbranched alkanes of at least 4 members (excludes halogenated alkanes) is 1. The second-order valence-corrected chi connectivity index (χ2v) is 11.4. The SMILES string of the molecule is CCCCN(CCCN(C)C)C(=O)CN1C[C@H](c2ccc3c(c2)CCO3)C[C@@H]1CCC1=NC(C)CC=N1. The number of likely N-dealkylation sites (tertiary alicyclic amines) is 1. The minimum absolute atomic E-state index is 0.279. The van der Waals surface area contributed by atoms with Gasteiger partial charge in [0.2, 0.25) is 5.91 Å². The van der Waals surface area contributed by atoms with E-state index in [-0.39, 0.29) is 5.91 Å². The third-order valence-electron chi connectivity index (χ3n) is 7.98. The monoisotopic (exact) mass is 509 g/mol. The topological polar surface area (TPSA) is 60.7 Å². The highest BCUT2D eigenvalue weighted by molar-refractivity contribution is 5.91. The normalized spacial score (nSPS) is 23.3. The summed E-state index contributed by atoms with van der Waals surface area (Å²) < 4.78 is 5.74. The van der Waals surface area contributed by atoms with Crippen LogP contribution >= 0.6 is 0 Å². The third kappa shape index (κ3) is 7.87. The van der Waals surface area contributed by atoms with Crippen LogP contribution in [0.25, 0.3) is 0 Å². The van der Waals surface area contributed by atoms with Crippen molar-refractivity contribution in [3.8, 4) is 5.75 Å². The average molecular weight is 510 g/mol. The van der Waals surface area contributed by atoms with Crippen LogP contribution in [0, 0.1) is 0 Å². The Kier molecular flexibility index (Phi) is 10.1. The van der Waals surface area contributed by atoms with Gasteiger partial charge in [-0.1, -0.05) is 25.5 Å². The molecule has 1 amide bonds. The van der Waals surface area contributed by atoms with E-state index in [4.69, 9.17) is 9.73 Å². The summed E-state index contributed by atoms with van der Waals surface area (Å²) in [5.41, 5.74) is 2.72. The van der Waals surface area contributed by atoms with E-state index in [9.17, 15) is 4.79 Å². The molecule has 1 unspecified atom stereocenters. The second kappa shape index (κ2) is 13.5. The van der Waals surface area contributed by atoms with Gasteiger partial charge >= 0.3 is 0 Å². The molecule has 3 aliphatic heterocycles. The number of benzene rings is 1. The first-order valence-corrected chi connectivity index (χ1v) is 14.4. The molecule has 0 bridgehead atoms. The number of nitrogens with zero attached hydrogens (tertiary/aromatic N) is 5. The molecular formula is C30H47N5O2. The molecular weight excluding hydrogens is 462 g/mol. The largest absolute Gasteiger partial charge is 0.493 e. The van der Waals surface area contributed by atoms with Crippen molar-refractivity contribution in [2.24, 2.45) is 9.98 Å². The van der Waals surface area contributed by atoms with Crippen molar-refractivity contribution < 1.29 is 9.53 Å². The number of ether oxygens (including phenoxy) is 1. The van der Waals surface area contributed by atoms with Gasteiger partial charge in [-0.15, -0.1) is 0 Å². The molecule has 204 valence electrons. The molecule has 0 radical (unpaired) electrons. The number of carbonyl (C=O) groups excluding carboxylic acids is 1. The Hall–Kier alpha value is -2.25. The highest BCUT2D eigenvalue weighted by atomic mass is 16.5. The summed E-state index contributed by atoms with van der Waals surface area (Å²) in [5.74, 6) is 2.73. The summed E-state index contributed by atoms with van der Waals surface area (Å²) in [5, 5.41) is 0. The number of hydrogen-bond acceptors (Lipinski definition) is 6. The van der Waals surface area contributed by atoms with Gasteiger partial charge in [-0.25, -0.2) is 4.99 Å². The Labute approximate surface area is 224 Å². The van der Waals surface area contributed by atoms with E-state index in [2.05, 4.69) is 65.8 Å². The number of fused-ring (bicyclic) bond motifs is 1. The van der Waals surface area contributed by atoms with Crippen LogP contribution in [0.2, 0.25) is 0 Å². The fourth-order valence-corrected chi connectivity index (χ4v) is 5.82. The number of hydrogen-bond donors (Lipinski definition) is 0. The quantitative estimate of drug-likeness (QED) is 0.395. The molecule has 0 aromatic heterocycles. The van der Waals surface area contributed by atoms with Crippen LogP contribution in [-0.2, 0) is 11.2 Å². The Balaban J connectivity index is 1.44. The highest BCUT2D eigenvalue weighted by Gasteiger charge is 2.35. The molecule has 7 nitrogen and oxygen atoms in total. The fourth-order valence-electron chi connectivity index (χ4n) is 5.82. The Morgan fingerprint density at radius 1 is 1.19 bits per heavy atom. The van der Waals surface area contributed by atoms with Crippen LogP contribution < -0.4 is 4.74 Å². The van der Waals surface area contributed by atoms with Gasteiger partial charge in [-0.3, -0.25) is 14.7 Å². The van der Waals surface area contributed by atoms with E-state index >= 15 is 0 Å². The summed E-state index contributed by atoms with van der Waals surface area (Å²) in [6.07, 6.45) is 10.1. The molecule has 4 rings (SSSR count). The number of carbonyl (C=O) groups is 1. The fraction of sp³-hybridized carbons (Fsp3) is 0.700. The standard InChI is InChI=1S/C30H47N5O2/c1-5-6-16-34(17-7-15-33(3)4)30(36)22-35-21-26(24-8-10-28-25(19-24)13-18-37-28)20-27(35)9-11-29-31-14-12-23(2)32-29/h8,10,14,19,23,26-27H,5-7,9,11-13,15-18,20-22H2,1-4H3/t23?,26-,27+/m1/s1. The predicted octanol–water partition coefficient (Wildman–Crippen LogP) is 4.40. The van der Waals surface area contributed by atoms with Crippen molar-refractivity contribution in [3.05, 3.63) is 29.3 Å². The summed E-state index contributed by atoms with van der Waals surface area (Å²) in [6, 6.07) is 7.42. The maximum atomic E-state index is 13.6. The van der Waals surface area contributed by atoms with E-state index in [0.29, 0.717) is 24.5 Å². The molecule has 0 spiro atoms. The van der Waals surface area contributed by atoms with E-state index in [1.165, 1.54) is 11.1 Å². The lowest BCUT2D eigenvalue weighted by Crippen LogP contribution is -2.43. The van der Waals surface area contributed by atoms with Crippen molar-refractivity contribution in [2.45, 2.75) is 83.2 Å². The Morgan fingerprint density at radius 2 is 2.03 bits per heavy atom. The van der Waals surface area contributed by atoms with Crippen molar-refractivity contribution in [1.29, 1.82) is 0 Å². The van der Waals surface area contributed by atoms with Gasteiger partial charge in [0.05, 0.1) is 19.2 Å². The molecule has 3 atom stereocenters. The molecule has 0 N–H and O–H groups in total. The van der Waals surface area contributed by atoms with E-state index in [0.717, 1.165) is 95.7 Å². The lowest BCUT2D eigenvalue weighted by atomic mass is 9.93. The van der Waals surface area contributed by atoms with Gasteiger partial charge in [0, 0.05) is 51.2 Å². The maximum Gasteiger partial charge on any atom is 0.236 e. The van der Waals surface area contributed by atoms with Crippen LogP contribution in [0.1, 0.15) is 75.8 Å². The smallest absolute Gasteiger partial charge is 0.236 e. The molecule has 1 aromatic rings. The van der Waals surface area contributed by atoms with Crippen LogP contribution in [0.3, 0.4) is 0 Å². The minimum Gasteiger partial charge on any atom is -0.493 e. The molecule has 0 aliphatic carbocycles. The molecule has 1 fully saturated rings. The molecule has 37 heavy (non-hydrogen) atoms. The summed E-state index contributed by atoms with van der Waals surface area (Å²) in [7, 11) is 4.19. The van der Waals surface area contributed by atoms with Crippen LogP contribution in [0.5, 0.6) is 5.75 Å². The van der Waals surface area contributed by atoms with Gasteiger partial charge in [0.1, 0.15) is 11.6 Å². The van der Waals surface area contributed by atoms with E-state index in [1.807, 2.05) is 6.21 Å². The van der Waals surface area contributed by atoms with Crippen molar-refractivity contribution in [1.82, 2.24) is 14.7 Å². The Bertz CT molecular complexity index is 959. The number of aliphatic imine (C=N–C) groups is 2. The minimum atomic E-state index is 0.279. The summed E-state index contributed by atoms with van der Waals surface area (Å²) in [4.78, 5) is 29.7. The van der Waals surface area contributed by atoms with Crippen LogP contribution in [-0.4, -0.2) is 98.2 Å². The first-order chi connectivity index (χ1) is 17.9. The first-order valence-electron chi connectivity index (χ1n) is 14.4. The number of amidine groups is 1. The molecule has 3 aliphatic rings. The van der Waals surface area contributed by atoms with E-state index < -0.39 is 0 Å². The van der Waals surface area contributed by atoms with Gasteiger partial charge < -0.3 is 14.5 Å². The molecule has 1 saturated heterocycles. The van der Waals surface area contributed by atoms with Crippen LogP contribution in [0.15, 0.2) is 28.2 Å².